The monoisotopic (exact) mass is 694 g/mol. The summed E-state index contributed by atoms with van der Waals surface area (Å²) in [6.45, 7) is 7.02. The number of benzene rings is 1. The van der Waals surface area contributed by atoms with Gasteiger partial charge in [-0.2, -0.15) is 26.3 Å². The molecule has 238 valence electrons. The van der Waals surface area contributed by atoms with Crippen molar-refractivity contribution >= 4 is 26.8 Å². The number of pyridine rings is 3. The Morgan fingerprint density at radius 2 is 1.64 bits per heavy atom. The highest BCUT2D eigenvalue weighted by Crippen LogP contribution is 2.39. The van der Waals surface area contributed by atoms with Crippen LogP contribution in [0, 0.1) is 24.5 Å². The zero-order valence-corrected chi connectivity index (χ0v) is 25.3. The number of hydrogen-bond acceptors (Lipinski definition) is 5. The molecule has 4 aromatic rings. The minimum Gasteiger partial charge on any atom is -0.475 e. The molecular weight excluding hydrogens is 668 g/mol. The van der Waals surface area contributed by atoms with Gasteiger partial charge in [-0.1, -0.05) is 13.8 Å². The van der Waals surface area contributed by atoms with Crippen LogP contribution in [0.2, 0.25) is 0 Å². The summed E-state index contributed by atoms with van der Waals surface area (Å²) in [4.78, 5) is 20.5. The predicted octanol–water partition coefficient (Wildman–Crippen LogP) is 8.20. The van der Waals surface area contributed by atoms with Gasteiger partial charge in [-0.05, 0) is 65.9 Å². The van der Waals surface area contributed by atoms with E-state index in [1.807, 2.05) is 18.8 Å². The summed E-state index contributed by atoms with van der Waals surface area (Å²) in [5.41, 5.74) is 2.37. The molecule has 1 atom stereocenters. The second kappa shape index (κ2) is 13.2. The highest BCUT2D eigenvalue weighted by atomic mass is 79.9. The van der Waals surface area contributed by atoms with Crippen molar-refractivity contribution in [2.24, 2.45) is 11.7 Å². The molecule has 3 aromatic heterocycles. The SMILES string of the molecule is Cc1cc(-c2cnc(OC[C@@](C)(N)CC(C)C)c(C(F)(F)F)c2)c2c(F)cc(F)cc2n1.O=c1[nH]cc(Br)cc1C(F)(F)F. The number of rotatable bonds is 6. The Morgan fingerprint density at radius 1 is 1.00 bits per heavy atom. The molecule has 0 unspecified atom stereocenters. The number of aromatic nitrogens is 3. The lowest BCUT2D eigenvalue weighted by molar-refractivity contribution is -0.140. The van der Waals surface area contributed by atoms with Crippen molar-refractivity contribution in [1.82, 2.24) is 15.0 Å². The van der Waals surface area contributed by atoms with E-state index in [0.29, 0.717) is 18.2 Å². The third-order valence-corrected chi connectivity index (χ3v) is 6.47. The maximum atomic E-state index is 14.5. The smallest absolute Gasteiger partial charge is 0.421 e. The van der Waals surface area contributed by atoms with Crippen molar-refractivity contribution < 1.29 is 39.9 Å². The largest absolute Gasteiger partial charge is 0.475 e. The molecule has 0 aliphatic carbocycles. The molecule has 1 aromatic carbocycles. The van der Waals surface area contributed by atoms with Gasteiger partial charge >= 0.3 is 12.4 Å². The van der Waals surface area contributed by atoms with Crippen LogP contribution in [-0.4, -0.2) is 27.1 Å². The van der Waals surface area contributed by atoms with Gasteiger partial charge in [0.25, 0.3) is 5.56 Å². The van der Waals surface area contributed by atoms with E-state index in [0.717, 1.165) is 30.6 Å². The number of H-pyrrole nitrogens is 1. The average Bonchev–Trinajstić information content (AvgIpc) is 2.86. The summed E-state index contributed by atoms with van der Waals surface area (Å²) in [5, 5.41) is -0.0907. The third kappa shape index (κ3) is 8.97. The number of ether oxygens (including phenoxy) is 1. The third-order valence-electron chi connectivity index (χ3n) is 6.01. The van der Waals surface area contributed by atoms with Gasteiger partial charge in [-0.3, -0.25) is 9.78 Å². The van der Waals surface area contributed by atoms with Crippen LogP contribution in [-0.2, 0) is 12.4 Å². The van der Waals surface area contributed by atoms with Gasteiger partial charge in [0.15, 0.2) is 0 Å². The second-order valence-corrected chi connectivity index (χ2v) is 11.7. The van der Waals surface area contributed by atoms with Crippen LogP contribution in [0.15, 0.2) is 52.0 Å². The summed E-state index contributed by atoms with van der Waals surface area (Å²) >= 11 is 2.82. The Morgan fingerprint density at radius 3 is 2.20 bits per heavy atom. The fourth-order valence-corrected chi connectivity index (χ4v) is 4.80. The zero-order chi connectivity index (χ0) is 33.2. The molecule has 0 aliphatic heterocycles. The minimum absolute atomic E-state index is 0.000955. The number of nitrogens with zero attached hydrogens (tertiary/aromatic N) is 2. The van der Waals surface area contributed by atoms with Crippen LogP contribution >= 0.6 is 15.9 Å². The van der Waals surface area contributed by atoms with Crippen LogP contribution in [0.4, 0.5) is 35.1 Å². The van der Waals surface area contributed by atoms with E-state index in [2.05, 4.69) is 25.9 Å². The van der Waals surface area contributed by atoms with Crippen LogP contribution < -0.4 is 16.0 Å². The molecule has 6 nitrogen and oxygen atoms in total. The number of nitrogens with two attached hydrogens (primary N) is 1. The van der Waals surface area contributed by atoms with Gasteiger partial charge in [0.2, 0.25) is 5.88 Å². The topological polar surface area (TPSA) is 93.9 Å². The summed E-state index contributed by atoms with van der Waals surface area (Å²) in [7, 11) is 0. The van der Waals surface area contributed by atoms with Crippen LogP contribution in [0.3, 0.4) is 0 Å². The molecule has 0 saturated heterocycles. The van der Waals surface area contributed by atoms with Gasteiger partial charge in [-0.25, -0.2) is 13.8 Å². The van der Waals surface area contributed by atoms with E-state index in [9.17, 15) is 39.9 Å². The first-order chi connectivity index (χ1) is 20.2. The molecule has 3 heterocycles. The number of aryl methyl sites for hydroxylation is 1. The highest BCUT2D eigenvalue weighted by Gasteiger charge is 2.37. The highest BCUT2D eigenvalue weighted by molar-refractivity contribution is 9.10. The molecule has 15 heteroatoms. The molecular formula is C29H27BrF8N4O2. The summed E-state index contributed by atoms with van der Waals surface area (Å²) in [6, 6.07) is 4.70. The molecule has 0 radical (unpaired) electrons. The predicted molar refractivity (Wildman–Crippen MR) is 152 cm³/mol. The van der Waals surface area contributed by atoms with Gasteiger partial charge in [0.1, 0.15) is 29.4 Å². The molecule has 0 saturated carbocycles. The fourth-order valence-electron chi connectivity index (χ4n) is 4.46. The number of alkyl halides is 6. The summed E-state index contributed by atoms with van der Waals surface area (Å²) < 4.78 is 111. The van der Waals surface area contributed by atoms with E-state index < -0.39 is 52.1 Å². The Bertz CT molecular complexity index is 1700. The van der Waals surface area contributed by atoms with Crippen molar-refractivity contribution in [3.05, 3.63) is 86.0 Å². The van der Waals surface area contributed by atoms with Crippen molar-refractivity contribution in [2.75, 3.05) is 6.61 Å². The molecule has 0 amide bonds. The lowest BCUT2D eigenvalue weighted by atomic mass is 9.93. The van der Waals surface area contributed by atoms with Gasteiger partial charge in [0.05, 0.1) is 5.52 Å². The Balaban J connectivity index is 0.000000369. The second-order valence-electron chi connectivity index (χ2n) is 10.8. The minimum atomic E-state index is -4.77. The van der Waals surface area contributed by atoms with Gasteiger partial charge in [-0.15, -0.1) is 0 Å². The van der Waals surface area contributed by atoms with Crippen molar-refractivity contribution in [3.63, 3.8) is 0 Å². The maximum absolute atomic E-state index is 14.5. The molecule has 0 spiro atoms. The first kappa shape index (κ1) is 34.9. The Kier molecular flexibility index (Phi) is 10.5. The Labute approximate surface area is 254 Å². The van der Waals surface area contributed by atoms with E-state index in [1.165, 1.54) is 6.07 Å². The molecule has 44 heavy (non-hydrogen) atoms. The quantitative estimate of drug-likeness (QED) is 0.199. The average molecular weight is 695 g/mol. The summed E-state index contributed by atoms with van der Waals surface area (Å²) in [6.07, 6.45) is -6.51. The molecule has 0 bridgehead atoms. The lowest BCUT2D eigenvalue weighted by Crippen LogP contribution is -2.43. The fraction of sp³-hybridized carbons (Fsp3) is 0.345. The molecule has 0 fully saturated rings. The zero-order valence-electron chi connectivity index (χ0n) is 23.7. The van der Waals surface area contributed by atoms with Gasteiger partial charge < -0.3 is 15.5 Å². The van der Waals surface area contributed by atoms with Gasteiger partial charge in [0, 0.05) is 51.2 Å². The van der Waals surface area contributed by atoms with Crippen molar-refractivity contribution in [2.45, 2.75) is 52.0 Å². The number of nitrogens with one attached hydrogen (secondary N) is 1. The molecule has 3 N–H and O–H groups in total. The number of hydrogen-bond donors (Lipinski definition) is 2. The summed E-state index contributed by atoms with van der Waals surface area (Å²) in [5.74, 6) is -2.13. The van der Waals surface area contributed by atoms with E-state index in [1.54, 1.807) is 13.8 Å². The Hall–Kier alpha value is -3.59. The van der Waals surface area contributed by atoms with E-state index >= 15 is 0 Å². The molecule has 0 aliphatic rings. The van der Waals surface area contributed by atoms with Crippen molar-refractivity contribution in [1.29, 1.82) is 0 Å². The number of fused-ring (bicyclic) bond motifs is 1. The van der Waals surface area contributed by atoms with Crippen LogP contribution in [0.5, 0.6) is 5.88 Å². The molecule has 4 rings (SSSR count). The van der Waals surface area contributed by atoms with Crippen molar-refractivity contribution in [3.8, 4) is 17.0 Å². The van der Waals surface area contributed by atoms with E-state index in [4.69, 9.17) is 10.5 Å². The first-order valence-corrected chi connectivity index (χ1v) is 13.7. The van der Waals surface area contributed by atoms with Crippen LogP contribution in [0.1, 0.15) is 44.0 Å². The standard InChI is InChI=1S/C23H24F5N3O.C6H3BrF3NO/c1-12(2)9-22(4,29)11-32-21-17(23(26,27)28)6-14(10-30-21)16-5-13(3)31-19-8-15(24)7-18(25)20(16)19;7-3-1-4(6(8,9)10)5(12)11-2-3/h5-8,10,12H,9,11,29H2,1-4H3;1-2H,(H,11,12)/t22-;/m0./s1. The maximum Gasteiger partial charge on any atom is 0.421 e. The number of halogens is 9. The van der Waals surface area contributed by atoms with E-state index in [-0.39, 0.29) is 39.0 Å². The normalized spacial score (nSPS) is 13.4. The van der Waals surface area contributed by atoms with Crippen LogP contribution in [0.25, 0.3) is 22.0 Å². The first-order valence-electron chi connectivity index (χ1n) is 12.9. The lowest BCUT2D eigenvalue weighted by Gasteiger charge is -2.27. The number of aromatic amines is 1.